The lowest BCUT2D eigenvalue weighted by Crippen LogP contribution is -2.09. The second-order valence-electron chi connectivity index (χ2n) is 5.18. The van der Waals surface area contributed by atoms with Crippen molar-refractivity contribution in [2.75, 3.05) is 37.5 Å². The smallest absolute Gasteiger partial charge is 0.211 e. The third-order valence-corrected chi connectivity index (χ3v) is 4.28. The highest BCUT2D eigenvalue weighted by Crippen LogP contribution is 2.28. The predicted octanol–water partition coefficient (Wildman–Crippen LogP) is 3.01. The maximum absolute atomic E-state index is 13.6. The van der Waals surface area contributed by atoms with E-state index in [2.05, 4.69) is 10.3 Å². The van der Waals surface area contributed by atoms with Crippen molar-refractivity contribution in [3.05, 3.63) is 40.1 Å². The molecule has 0 radical (unpaired) electrons. The molecule has 2 aromatic rings. The van der Waals surface area contributed by atoms with Crippen LogP contribution in [0.15, 0.2) is 24.4 Å². The second kappa shape index (κ2) is 6.60. The van der Waals surface area contributed by atoms with Crippen LogP contribution in [0.1, 0.15) is 16.2 Å². The van der Waals surface area contributed by atoms with Gasteiger partial charge in [0.05, 0.1) is 19.8 Å². The van der Waals surface area contributed by atoms with E-state index in [1.54, 1.807) is 6.20 Å². The summed E-state index contributed by atoms with van der Waals surface area (Å²) in [5.74, 6) is -0.258. The van der Waals surface area contributed by atoms with Crippen LogP contribution in [0.2, 0.25) is 0 Å². The topological polar surface area (TPSA) is 46.6 Å². The van der Waals surface area contributed by atoms with E-state index in [1.165, 1.54) is 23.5 Å². The van der Waals surface area contributed by atoms with Crippen molar-refractivity contribution in [3.63, 3.8) is 0 Å². The lowest BCUT2D eigenvalue weighted by molar-refractivity contribution is -0.0442. The number of aromatic nitrogens is 1. The van der Waals surface area contributed by atoms with E-state index in [0.717, 1.165) is 21.3 Å². The van der Waals surface area contributed by atoms with Gasteiger partial charge in [-0.3, -0.25) is 0 Å². The van der Waals surface area contributed by atoms with Crippen molar-refractivity contribution in [1.29, 1.82) is 0 Å². The van der Waals surface area contributed by atoms with E-state index in [0.29, 0.717) is 19.8 Å². The van der Waals surface area contributed by atoms with E-state index in [9.17, 15) is 4.39 Å². The van der Waals surface area contributed by atoms with Crippen molar-refractivity contribution >= 4 is 22.7 Å². The van der Waals surface area contributed by atoms with Gasteiger partial charge in [-0.05, 0) is 18.2 Å². The van der Waals surface area contributed by atoms with Crippen LogP contribution in [0, 0.1) is 5.82 Å². The van der Waals surface area contributed by atoms with Gasteiger partial charge in [-0.2, -0.15) is 0 Å². The summed E-state index contributed by atoms with van der Waals surface area (Å²) >= 11 is 1.54. The van der Waals surface area contributed by atoms with Crippen molar-refractivity contribution < 1.29 is 13.9 Å². The van der Waals surface area contributed by atoms with Crippen LogP contribution in [-0.4, -0.2) is 32.3 Å². The molecule has 7 heteroatoms. The fourth-order valence-electron chi connectivity index (χ4n) is 2.14. The zero-order chi connectivity index (χ0) is 15.5. The first kappa shape index (κ1) is 15.2. The van der Waals surface area contributed by atoms with Gasteiger partial charge in [0.1, 0.15) is 10.8 Å². The predicted molar refractivity (Wildman–Crippen MR) is 84.8 cm³/mol. The molecule has 0 saturated carbocycles. The molecular weight excluding hydrogens is 305 g/mol. The van der Waals surface area contributed by atoms with E-state index < -0.39 is 0 Å². The summed E-state index contributed by atoms with van der Waals surface area (Å²) in [6.45, 7) is 1.80. The van der Waals surface area contributed by atoms with Crippen LogP contribution in [0.5, 0.6) is 0 Å². The number of benzene rings is 1. The van der Waals surface area contributed by atoms with Crippen molar-refractivity contribution in [3.8, 4) is 0 Å². The first-order valence-electron chi connectivity index (χ1n) is 7.01. The Balaban J connectivity index is 1.65. The van der Waals surface area contributed by atoms with Crippen LogP contribution in [-0.2, 0) is 16.0 Å². The molecule has 2 heterocycles. The van der Waals surface area contributed by atoms with E-state index in [1.807, 2.05) is 25.1 Å². The maximum atomic E-state index is 13.6. The molecule has 0 amide bonds. The van der Waals surface area contributed by atoms with Gasteiger partial charge in [0.15, 0.2) is 0 Å². The van der Waals surface area contributed by atoms with Gasteiger partial charge < -0.3 is 19.7 Å². The molecule has 1 aromatic carbocycles. The highest BCUT2D eigenvalue weighted by atomic mass is 32.1. The Morgan fingerprint density at radius 1 is 1.32 bits per heavy atom. The molecule has 5 nitrogen and oxygen atoms in total. The summed E-state index contributed by atoms with van der Waals surface area (Å²) in [5, 5.41) is 4.04. The molecule has 0 aliphatic carbocycles. The van der Waals surface area contributed by atoms with Crippen LogP contribution in [0.3, 0.4) is 0 Å². The van der Waals surface area contributed by atoms with Gasteiger partial charge in [0.25, 0.3) is 0 Å². The average Bonchev–Trinajstić information content (AvgIpc) is 3.15. The molecule has 1 aliphatic heterocycles. The highest BCUT2D eigenvalue weighted by Gasteiger charge is 2.21. The minimum absolute atomic E-state index is 0.258. The number of anilines is 2. The number of hydrogen-bond donors (Lipinski definition) is 1. The van der Waals surface area contributed by atoms with E-state index in [-0.39, 0.29) is 12.1 Å². The lowest BCUT2D eigenvalue weighted by atomic mass is 10.2. The van der Waals surface area contributed by atoms with Gasteiger partial charge in [0, 0.05) is 36.5 Å². The first-order valence-corrected chi connectivity index (χ1v) is 7.83. The third-order valence-electron chi connectivity index (χ3n) is 3.26. The van der Waals surface area contributed by atoms with Crippen molar-refractivity contribution in [2.45, 2.75) is 12.8 Å². The Hall–Kier alpha value is -1.70. The van der Waals surface area contributed by atoms with Crippen LogP contribution < -0.4 is 10.2 Å². The normalized spacial score (nSPS) is 15.2. The van der Waals surface area contributed by atoms with Gasteiger partial charge >= 0.3 is 0 Å². The number of hydrogen-bond acceptors (Lipinski definition) is 6. The van der Waals surface area contributed by atoms with Gasteiger partial charge in [-0.1, -0.05) is 0 Å². The fourth-order valence-corrected chi connectivity index (χ4v) is 2.99. The average molecular weight is 323 g/mol. The van der Waals surface area contributed by atoms with Crippen LogP contribution >= 0.6 is 11.3 Å². The third kappa shape index (κ3) is 3.55. The number of nitrogens with one attached hydrogen (secondary N) is 1. The zero-order valence-corrected chi connectivity index (χ0v) is 13.3. The largest absolute Gasteiger partial charge is 0.380 e. The summed E-state index contributed by atoms with van der Waals surface area (Å²) < 4.78 is 24.5. The fraction of sp³-hybridized carbons (Fsp3) is 0.400. The minimum Gasteiger partial charge on any atom is -0.380 e. The number of nitrogens with zero attached hydrogens (tertiary/aromatic N) is 2. The maximum Gasteiger partial charge on any atom is 0.211 e. The molecule has 0 unspecified atom stereocenters. The summed E-state index contributed by atoms with van der Waals surface area (Å²) in [5.41, 5.74) is 1.56. The van der Waals surface area contributed by atoms with Crippen molar-refractivity contribution in [2.24, 2.45) is 0 Å². The molecule has 1 aliphatic rings. The summed E-state index contributed by atoms with van der Waals surface area (Å²) in [4.78, 5) is 7.23. The molecule has 1 fully saturated rings. The van der Waals surface area contributed by atoms with Gasteiger partial charge in [0.2, 0.25) is 6.29 Å². The molecule has 3 rings (SSSR count). The molecule has 22 heavy (non-hydrogen) atoms. The monoisotopic (exact) mass is 323 g/mol. The Bertz CT molecular complexity index is 641. The lowest BCUT2D eigenvalue weighted by Gasteiger charge is -2.14. The molecule has 0 bridgehead atoms. The SMILES string of the molecule is CN(C)c1cc(F)cc(NCc2cnc(C3OCCO3)s2)c1. The highest BCUT2D eigenvalue weighted by molar-refractivity contribution is 7.11. The summed E-state index contributed by atoms with van der Waals surface area (Å²) in [6, 6.07) is 4.90. The van der Waals surface area contributed by atoms with Crippen molar-refractivity contribution in [1.82, 2.24) is 4.98 Å². The van der Waals surface area contributed by atoms with Gasteiger partial charge in [-0.15, -0.1) is 11.3 Å². The Morgan fingerprint density at radius 3 is 2.82 bits per heavy atom. The molecule has 0 spiro atoms. The molecule has 1 saturated heterocycles. The minimum atomic E-state index is -0.340. The standard InChI is InChI=1S/C15H18FN3O2S/c1-19(2)12-6-10(16)5-11(7-12)17-8-13-9-18-14(22-13)15-20-3-4-21-15/h5-7,9,15,17H,3-4,8H2,1-2H3. The molecule has 118 valence electrons. The van der Waals surface area contributed by atoms with Crippen LogP contribution in [0.25, 0.3) is 0 Å². The Morgan fingerprint density at radius 2 is 2.09 bits per heavy atom. The Labute approximate surface area is 132 Å². The number of thiazole rings is 1. The zero-order valence-electron chi connectivity index (χ0n) is 12.5. The summed E-state index contributed by atoms with van der Waals surface area (Å²) in [7, 11) is 3.77. The van der Waals surface area contributed by atoms with E-state index in [4.69, 9.17) is 9.47 Å². The Kier molecular flexibility index (Phi) is 4.56. The molecule has 0 atom stereocenters. The first-order chi connectivity index (χ1) is 10.6. The van der Waals surface area contributed by atoms with Gasteiger partial charge in [-0.25, -0.2) is 9.37 Å². The van der Waals surface area contributed by atoms with E-state index >= 15 is 0 Å². The second-order valence-corrected chi connectivity index (χ2v) is 6.33. The quantitative estimate of drug-likeness (QED) is 0.916. The molecule has 1 N–H and O–H groups in total. The number of ether oxygens (including phenoxy) is 2. The number of halogens is 1. The summed E-state index contributed by atoms with van der Waals surface area (Å²) in [6.07, 6.45) is 1.46. The van der Waals surface area contributed by atoms with Crippen LogP contribution in [0.4, 0.5) is 15.8 Å². The molecule has 1 aromatic heterocycles. The number of rotatable bonds is 5. The molecular formula is C15H18FN3O2S.